The average Bonchev–Trinajstić information content (AvgIpc) is 2.99. The lowest BCUT2D eigenvalue weighted by molar-refractivity contribution is -0.135. The van der Waals surface area contributed by atoms with Crippen molar-refractivity contribution in [3.05, 3.63) is 56.8 Å². The van der Waals surface area contributed by atoms with Gasteiger partial charge in [-0.1, -0.05) is 0 Å². The molecule has 7 nitrogen and oxygen atoms in total. The van der Waals surface area contributed by atoms with E-state index in [0.717, 1.165) is 0 Å². The first-order valence-electron chi connectivity index (χ1n) is 8.39. The molecule has 1 aromatic carbocycles. The largest absolute Gasteiger partial charge is 0.506 e. The lowest BCUT2D eigenvalue weighted by Crippen LogP contribution is -2.23. The van der Waals surface area contributed by atoms with E-state index in [9.17, 15) is 19.5 Å². The minimum atomic E-state index is -0.610. The summed E-state index contributed by atoms with van der Waals surface area (Å²) in [5, 5.41) is 10.9. The van der Waals surface area contributed by atoms with Crippen LogP contribution in [0.5, 0.6) is 11.5 Å². The Balaban J connectivity index is 2.20. The van der Waals surface area contributed by atoms with Crippen molar-refractivity contribution in [2.45, 2.75) is 33.1 Å². The van der Waals surface area contributed by atoms with Gasteiger partial charge in [0.25, 0.3) is 0 Å². The summed E-state index contributed by atoms with van der Waals surface area (Å²) in [5.41, 5.74) is 0.168. The molecule has 1 unspecified atom stereocenters. The van der Waals surface area contributed by atoms with Crippen molar-refractivity contribution in [3.8, 4) is 11.5 Å². The number of ether oxygens (including phenoxy) is 1. The second-order valence-electron chi connectivity index (χ2n) is 6.65. The van der Waals surface area contributed by atoms with Crippen LogP contribution in [-0.4, -0.2) is 16.9 Å². The molecule has 0 aliphatic carbocycles. The molecule has 0 saturated carbocycles. The molecule has 1 N–H and O–H groups in total. The molecule has 1 aliphatic rings. The summed E-state index contributed by atoms with van der Waals surface area (Å²) in [6.07, 6.45) is -0.0468. The normalized spacial score (nSPS) is 16.3. The number of furan rings is 1. The smallest absolute Gasteiger partial charge is 0.336 e. The molecular formula is C20H16O7. The van der Waals surface area contributed by atoms with E-state index in [4.69, 9.17) is 13.6 Å². The van der Waals surface area contributed by atoms with Gasteiger partial charge in [-0.3, -0.25) is 9.59 Å². The number of Topliss-reactive ketones (excluding diaryl/α,β-unsaturated/α-hetero) is 1. The Labute approximate surface area is 153 Å². The van der Waals surface area contributed by atoms with Crippen LogP contribution < -0.4 is 10.4 Å². The number of esters is 1. The second-order valence-corrected chi connectivity index (χ2v) is 6.65. The average molecular weight is 368 g/mol. The highest BCUT2D eigenvalue weighted by atomic mass is 16.5. The number of hydrogen-bond donors (Lipinski definition) is 1. The molecule has 0 saturated heterocycles. The van der Waals surface area contributed by atoms with Gasteiger partial charge >= 0.3 is 11.6 Å². The van der Waals surface area contributed by atoms with Gasteiger partial charge < -0.3 is 18.7 Å². The first-order chi connectivity index (χ1) is 12.8. The molecule has 0 fully saturated rings. The van der Waals surface area contributed by atoms with Crippen molar-refractivity contribution in [1.82, 2.24) is 0 Å². The van der Waals surface area contributed by atoms with Crippen LogP contribution in [0.3, 0.4) is 0 Å². The second kappa shape index (κ2) is 5.84. The molecule has 0 amide bonds. The standard InChI is InChI=1S/C20H16O7/c1-8-6-13(22)26-19-15(8)18(24)16(10(3)21)20-17(19)11(7-14(23)27-20)12-5-4-9(2)25-12/h4-6,11,24H,7H2,1-3H3. The van der Waals surface area contributed by atoms with Crippen LogP contribution in [0.15, 0.2) is 31.8 Å². The molecule has 2 aromatic heterocycles. The zero-order chi connectivity index (χ0) is 19.5. The van der Waals surface area contributed by atoms with E-state index in [1.165, 1.54) is 13.0 Å². The molecule has 0 spiro atoms. The number of aryl methyl sites for hydroxylation is 2. The van der Waals surface area contributed by atoms with Crippen molar-refractivity contribution < 1.29 is 28.3 Å². The summed E-state index contributed by atoms with van der Waals surface area (Å²) in [6.45, 7) is 4.67. The maximum absolute atomic E-state index is 12.2. The Morgan fingerprint density at radius 2 is 1.93 bits per heavy atom. The fourth-order valence-electron chi connectivity index (χ4n) is 3.62. The molecule has 1 atom stereocenters. The van der Waals surface area contributed by atoms with Crippen LogP contribution in [0.2, 0.25) is 0 Å². The van der Waals surface area contributed by atoms with Crippen LogP contribution >= 0.6 is 0 Å². The molecular weight excluding hydrogens is 352 g/mol. The van der Waals surface area contributed by atoms with Crippen molar-refractivity contribution in [1.29, 1.82) is 0 Å². The highest BCUT2D eigenvalue weighted by Crippen LogP contribution is 2.49. The van der Waals surface area contributed by atoms with Crippen molar-refractivity contribution >= 4 is 22.7 Å². The highest BCUT2D eigenvalue weighted by molar-refractivity contribution is 6.08. The Hall–Kier alpha value is -3.35. The molecule has 0 bridgehead atoms. The van der Waals surface area contributed by atoms with Crippen molar-refractivity contribution in [2.75, 3.05) is 0 Å². The van der Waals surface area contributed by atoms with Gasteiger partial charge in [0, 0.05) is 6.07 Å². The fourth-order valence-corrected chi connectivity index (χ4v) is 3.62. The summed E-state index contributed by atoms with van der Waals surface area (Å²) >= 11 is 0. The van der Waals surface area contributed by atoms with E-state index in [1.54, 1.807) is 26.0 Å². The van der Waals surface area contributed by atoms with E-state index < -0.39 is 23.3 Å². The SMILES string of the molecule is CC(=O)c1c2c(c3oc(=O)cc(C)c3c1O)C(c1ccc(C)o1)CC(=O)O2. The van der Waals surface area contributed by atoms with Gasteiger partial charge in [0.15, 0.2) is 11.5 Å². The van der Waals surface area contributed by atoms with Gasteiger partial charge in [0.1, 0.15) is 28.4 Å². The first kappa shape index (κ1) is 17.1. The molecule has 3 aromatic rings. The van der Waals surface area contributed by atoms with E-state index in [-0.39, 0.29) is 34.5 Å². The molecule has 138 valence electrons. The lowest BCUT2D eigenvalue weighted by atomic mass is 9.85. The van der Waals surface area contributed by atoms with Crippen LogP contribution in [0.1, 0.15) is 52.3 Å². The van der Waals surface area contributed by atoms with Crippen LogP contribution in [0.4, 0.5) is 0 Å². The fraction of sp³-hybridized carbons (Fsp3) is 0.250. The van der Waals surface area contributed by atoms with E-state index in [0.29, 0.717) is 22.6 Å². The van der Waals surface area contributed by atoms with Crippen LogP contribution in [0.25, 0.3) is 11.0 Å². The summed E-state index contributed by atoms with van der Waals surface area (Å²) in [6, 6.07) is 4.71. The summed E-state index contributed by atoms with van der Waals surface area (Å²) in [4.78, 5) is 36.5. The van der Waals surface area contributed by atoms with E-state index >= 15 is 0 Å². The molecule has 27 heavy (non-hydrogen) atoms. The number of carbonyl (C=O) groups is 2. The summed E-state index contributed by atoms with van der Waals surface area (Å²) in [7, 11) is 0. The zero-order valence-electron chi connectivity index (χ0n) is 14.9. The quantitative estimate of drug-likeness (QED) is 0.320. The van der Waals surface area contributed by atoms with Crippen molar-refractivity contribution in [3.63, 3.8) is 0 Å². The topological polar surface area (TPSA) is 107 Å². The van der Waals surface area contributed by atoms with Crippen LogP contribution in [0, 0.1) is 13.8 Å². The zero-order valence-corrected chi connectivity index (χ0v) is 14.9. The number of ketones is 1. The Morgan fingerprint density at radius 3 is 2.56 bits per heavy atom. The molecule has 7 heteroatoms. The third-order valence-electron chi connectivity index (χ3n) is 4.74. The minimum absolute atomic E-state index is 0.0468. The van der Waals surface area contributed by atoms with Gasteiger partial charge in [0.05, 0.1) is 23.3 Å². The summed E-state index contributed by atoms with van der Waals surface area (Å²) in [5.74, 6) is -0.980. The predicted octanol–water partition coefficient (Wildman–Crippen LogP) is 3.35. The number of carbonyl (C=O) groups excluding carboxylic acids is 2. The maximum atomic E-state index is 12.2. The van der Waals surface area contributed by atoms with Gasteiger partial charge in [-0.15, -0.1) is 0 Å². The van der Waals surface area contributed by atoms with Gasteiger partial charge in [-0.25, -0.2) is 4.79 Å². The Bertz CT molecular complexity index is 1180. The third kappa shape index (κ3) is 2.54. The third-order valence-corrected chi connectivity index (χ3v) is 4.74. The van der Waals surface area contributed by atoms with E-state index in [1.807, 2.05) is 0 Å². The van der Waals surface area contributed by atoms with Crippen LogP contribution in [-0.2, 0) is 4.79 Å². The van der Waals surface area contributed by atoms with Gasteiger partial charge in [0.2, 0.25) is 0 Å². The number of fused-ring (bicyclic) bond motifs is 3. The summed E-state index contributed by atoms with van der Waals surface area (Å²) < 4.78 is 16.4. The predicted molar refractivity (Wildman–Crippen MR) is 94.4 cm³/mol. The highest BCUT2D eigenvalue weighted by Gasteiger charge is 2.38. The Morgan fingerprint density at radius 1 is 1.19 bits per heavy atom. The number of benzene rings is 1. The van der Waals surface area contributed by atoms with Crippen molar-refractivity contribution in [2.24, 2.45) is 0 Å². The Kier molecular flexibility index (Phi) is 3.69. The number of phenolic OH excluding ortho intramolecular Hbond substituents is 1. The van der Waals surface area contributed by atoms with E-state index in [2.05, 4.69) is 0 Å². The monoisotopic (exact) mass is 368 g/mol. The maximum Gasteiger partial charge on any atom is 0.336 e. The number of phenols is 1. The van der Waals surface area contributed by atoms with Gasteiger partial charge in [-0.05, 0) is 38.5 Å². The molecule has 0 radical (unpaired) electrons. The van der Waals surface area contributed by atoms with Gasteiger partial charge in [-0.2, -0.15) is 0 Å². The molecule has 4 rings (SSSR count). The first-order valence-corrected chi connectivity index (χ1v) is 8.39. The number of aromatic hydroxyl groups is 1. The molecule has 3 heterocycles. The number of rotatable bonds is 2. The minimum Gasteiger partial charge on any atom is -0.506 e. The lowest BCUT2D eigenvalue weighted by Gasteiger charge is -2.26. The number of hydrogen-bond acceptors (Lipinski definition) is 7. The molecule has 1 aliphatic heterocycles.